The maximum atomic E-state index is 12.8. The van der Waals surface area contributed by atoms with Crippen LogP contribution >= 0.6 is 58.3 Å². The predicted molar refractivity (Wildman–Crippen MR) is 120 cm³/mol. The second-order valence-electron chi connectivity index (χ2n) is 6.47. The molecule has 2 heterocycles. The highest BCUT2D eigenvalue weighted by atomic mass is 35.6. The van der Waals surface area contributed by atoms with Gasteiger partial charge < -0.3 is 10.1 Å². The van der Waals surface area contributed by atoms with Crippen LogP contribution in [0.3, 0.4) is 0 Å². The summed E-state index contributed by atoms with van der Waals surface area (Å²) in [4.78, 5) is 40.0. The molecule has 11 heteroatoms. The third-order valence-electron chi connectivity index (χ3n) is 4.22. The van der Waals surface area contributed by atoms with Gasteiger partial charge >= 0.3 is 5.97 Å². The van der Waals surface area contributed by atoms with E-state index in [-0.39, 0.29) is 11.6 Å². The number of benzene rings is 1. The van der Waals surface area contributed by atoms with Gasteiger partial charge in [-0.3, -0.25) is 14.5 Å². The minimum absolute atomic E-state index is 0.0829. The van der Waals surface area contributed by atoms with Crippen molar-refractivity contribution in [2.75, 3.05) is 6.61 Å². The summed E-state index contributed by atoms with van der Waals surface area (Å²) in [6.45, 7) is 2.61. The SMILES string of the molecule is CC(=O)NC1C(=O)N2C(C(=O)OCC(Cl)(Cl)Cl)=C(C)/C(=C/Sc3ccccc3)SC12. The van der Waals surface area contributed by atoms with E-state index in [9.17, 15) is 14.4 Å². The Morgan fingerprint density at radius 2 is 1.97 bits per heavy atom. The summed E-state index contributed by atoms with van der Waals surface area (Å²) >= 11 is 19.9. The number of nitrogens with one attached hydrogen (secondary N) is 1. The number of amides is 2. The van der Waals surface area contributed by atoms with Crippen molar-refractivity contribution < 1.29 is 19.1 Å². The average molecular weight is 508 g/mol. The van der Waals surface area contributed by atoms with E-state index in [0.29, 0.717) is 5.57 Å². The van der Waals surface area contributed by atoms with Gasteiger partial charge in [0.25, 0.3) is 5.91 Å². The predicted octanol–water partition coefficient (Wildman–Crippen LogP) is 4.23. The highest BCUT2D eigenvalue weighted by Gasteiger charge is 2.55. The Bertz CT molecular complexity index is 931. The van der Waals surface area contributed by atoms with Crippen molar-refractivity contribution in [3.05, 3.63) is 51.9 Å². The Labute approximate surface area is 197 Å². The number of esters is 1. The number of ether oxygens (including phenoxy) is 1. The lowest BCUT2D eigenvalue weighted by Crippen LogP contribution is -2.70. The van der Waals surface area contributed by atoms with Crippen molar-refractivity contribution in [1.29, 1.82) is 0 Å². The number of fused-ring (bicyclic) bond motifs is 1. The van der Waals surface area contributed by atoms with Crippen molar-refractivity contribution in [2.24, 2.45) is 0 Å². The molecule has 30 heavy (non-hydrogen) atoms. The van der Waals surface area contributed by atoms with Gasteiger partial charge in [0.05, 0.1) is 0 Å². The van der Waals surface area contributed by atoms with Crippen LogP contribution < -0.4 is 5.32 Å². The zero-order chi connectivity index (χ0) is 22.1. The molecule has 2 unspecified atom stereocenters. The molecule has 1 saturated heterocycles. The molecule has 1 N–H and O–H groups in total. The number of β-lactam (4-membered cyclic amide) rings is 1. The maximum Gasteiger partial charge on any atom is 0.355 e. The van der Waals surface area contributed by atoms with Gasteiger partial charge in [0.2, 0.25) is 9.70 Å². The number of thioether (sulfide) groups is 2. The number of nitrogens with zero attached hydrogens (tertiary/aromatic N) is 1. The number of carbonyl (C=O) groups excluding carboxylic acids is 3. The molecule has 6 nitrogen and oxygen atoms in total. The summed E-state index contributed by atoms with van der Waals surface area (Å²) in [5.41, 5.74) is 0.656. The Kier molecular flexibility index (Phi) is 7.35. The van der Waals surface area contributed by atoms with Crippen molar-refractivity contribution in [1.82, 2.24) is 10.2 Å². The first-order valence-corrected chi connectivity index (χ1v) is 11.6. The highest BCUT2D eigenvalue weighted by Crippen LogP contribution is 2.47. The molecule has 0 radical (unpaired) electrons. The van der Waals surface area contributed by atoms with Gasteiger partial charge in [0.1, 0.15) is 23.7 Å². The van der Waals surface area contributed by atoms with Crippen LogP contribution in [-0.4, -0.2) is 44.5 Å². The highest BCUT2D eigenvalue weighted by molar-refractivity contribution is 8.06. The number of hydrogen-bond donors (Lipinski definition) is 1. The second-order valence-corrected chi connectivity index (χ2v) is 11.1. The summed E-state index contributed by atoms with van der Waals surface area (Å²) < 4.78 is 3.36. The minimum atomic E-state index is -1.77. The summed E-state index contributed by atoms with van der Waals surface area (Å²) in [6.07, 6.45) is 0. The first-order valence-electron chi connectivity index (χ1n) is 8.72. The molecule has 3 rings (SSSR count). The minimum Gasteiger partial charge on any atom is -0.456 e. The van der Waals surface area contributed by atoms with E-state index in [1.807, 2.05) is 35.7 Å². The van der Waals surface area contributed by atoms with Gasteiger partial charge in [-0.05, 0) is 30.0 Å². The van der Waals surface area contributed by atoms with Gasteiger partial charge in [-0.1, -0.05) is 76.5 Å². The molecule has 2 atom stereocenters. The van der Waals surface area contributed by atoms with Crippen LogP contribution in [0, 0.1) is 0 Å². The Morgan fingerprint density at radius 1 is 1.30 bits per heavy atom. The number of halogens is 3. The number of alkyl halides is 3. The van der Waals surface area contributed by atoms with E-state index in [0.717, 1.165) is 9.80 Å². The fourth-order valence-corrected chi connectivity index (χ4v) is 5.33. The van der Waals surface area contributed by atoms with Crippen molar-refractivity contribution >= 4 is 76.1 Å². The maximum absolute atomic E-state index is 12.8. The van der Waals surface area contributed by atoms with Gasteiger partial charge in [0.15, 0.2) is 0 Å². The van der Waals surface area contributed by atoms with Crippen LogP contribution in [-0.2, 0) is 19.1 Å². The molecular formula is C19H17Cl3N2O4S2. The molecule has 2 aliphatic rings. The fraction of sp³-hybridized carbons (Fsp3) is 0.316. The summed E-state index contributed by atoms with van der Waals surface area (Å²) in [5.74, 6) is -1.49. The van der Waals surface area contributed by atoms with Gasteiger partial charge in [-0.15, -0.1) is 0 Å². The number of rotatable bonds is 5. The molecule has 1 aromatic carbocycles. The molecule has 1 aromatic rings. The summed E-state index contributed by atoms with van der Waals surface area (Å²) in [5, 5.41) is 4.07. The van der Waals surface area contributed by atoms with Crippen molar-refractivity contribution in [2.45, 2.75) is 34.0 Å². The average Bonchev–Trinajstić information content (AvgIpc) is 2.69. The van der Waals surface area contributed by atoms with Crippen LogP contribution in [0.5, 0.6) is 0 Å². The molecule has 2 aliphatic heterocycles. The van der Waals surface area contributed by atoms with E-state index in [2.05, 4.69) is 5.32 Å². The smallest absolute Gasteiger partial charge is 0.355 e. The summed E-state index contributed by atoms with van der Waals surface area (Å²) in [6, 6.07) is 8.97. The Balaban J connectivity index is 1.91. The van der Waals surface area contributed by atoms with E-state index in [1.54, 1.807) is 6.92 Å². The molecule has 0 saturated carbocycles. The van der Waals surface area contributed by atoms with Gasteiger partial charge in [-0.25, -0.2) is 4.79 Å². The number of carbonyl (C=O) groups is 3. The Morgan fingerprint density at radius 3 is 2.57 bits per heavy atom. The quantitative estimate of drug-likeness (QED) is 0.278. The van der Waals surface area contributed by atoms with Gasteiger partial charge in [0, 0.05) is 16.7 Å². The fourth-order valence-electron chi connectivity index (χ4n) is 2.89. The lowest BCUT2D eigenvalue weighted by Gasteiger charge is -2.49. The number of hydrogen-bond acceptors (Lipinski definition) is 6. The van der Waals surface area contributed by atoms with Crippen molar-refractivity contribution in [3.8, 4) is 0 Å². The van der Waals surface area contributed by atoms with Crippen LogP contribution in [0.15, 0.2) is 56.8 Å². The molecule has 0 aliphatic carbocycles. The topological polar surface area (TPSA) is 75.7 Å². The van der Waals surface area contributed by atoms with E-state index >= 15 is 0 Å². The van der Waals surface area contributed by atoms with Crippen LogP contribution in [0.4, 0.5) is 0 Å². The van der Waals surface area contributed by atoms with Crippen molar-refractivity contribution in [3.63, 3.8) is 0 Å². The lowest BCUT2D eigenvalue weighted by molar-refractivity contribution is -0.152. The molecule has 160 valence electrons. The molecule has 1 fully saturated rings. The first kappa shape index (κ1) is 23.3. The first-order chi connectivity index (χ1) is 14.1. The molecule has 2 amide bonds. The van der Waals surface area contributed by atoms with Crippen LogP contribution in [0.1, 0.15) is 13.8 Å². The zero-order valence-corrected chi connectivity index (χ0v) is 19.8. The van der Waals surface area contributed by atoms with E-state index in [1.165, 1.54) is 35.3 Å². The third kappa shape index (κ3) is 5.29. The Hall–Kier alpha value is -1.32. The second kappa shape index (κ2) is 9.44. The van der Waals surface area contributed by atoms with E-state index in [4.69, 9.17) is 39.5 Å². The van der Waals surface area contributed by atoms with Crippen LogP contribution in [0.2, 0.25) is 0 Å². The molecule has 0 bridgehead atoms. The standard InChI is InChI=1S/C19H17Cl3N2O4S2/c1-10-13(8-29-12-6-4-3-5-7-12)30-17-14(23-11(2)25)16(26)24(17)15(10)18(27)28-9-19(20,21)22/h3-8,14,17H,9H2,1-2H3,(H,23,25)/b13-8-. The summed E-state index contributed by atoms with van der Waals surface area (Å²) in [7, 11) is 0. The van der Waals surface area contributed by atoms with Gasteiger partial charge in [-0.2, -0.15) is 0 Å². The zero-order valence-electron chi connectivity index (χ0n) is 15.9. The van der Waals surface area contributed by atoms with Crippen LogP contribution in [0.25, 0.3) is 0 Å². The molecular weight excluding hydrogens is 491 g/mol. The largest absolute Gasteiger partial charge is 0.456 e. The molecule has 0 aromatic heterocycles. The normalized spacial score (nSPS) is 22.5. The lowest BCUT2D eigenvalue weighted by atomic mass is 10.0. The van der Waals surface area contributed by atoms with E-state index < -0.39 is 33.7 Å². The molecule has 0 spiro atoms. The number of allylic oxidation sites excluding steroid dienone is 1. The third-order valence-corrected chi connectivity index (χ3v) is 7.00. The monoisotopic (exact) mass is 506 g/mol.